The van der Waals surface area contributed by atoms with Crippen LogP contribution in [0.2, 0.25) is 0 Å². The number of hydrogen-bond donors (Lipinski definition) is 1. The van der Waals surface area contributed by atoms with Crippen molar-refractivity contribution in [3.63, 3.8) is 0 Å². The molecular weight excluding hydrogens is 405 g/mol. The standard InChI is InChI=1S/C26H24FN3O2/c1-32-24-13-11-23(12-14-24)30-25(20-8-5-9-21(27)16-20)17-22(29-30)10-15-26(31)28-18-19-6-3-2-4-7-19/h2-9,11-14,16-17H,10,15,18H2,1H3,(H,28,31). The number of carbonyl (C=O) groups is 1. The number of methoxy groups -OCH3 is 1. The van der Waals surface area contributed by atoms with Crippen molar-refractivity contribution in [1.29, 1.82) is 0 Å². The van der Waals surface area contributed by atoms with E-state index < -0.39 is 0 Å². The fraction of sp³-hybridized carbons (Fsp3) is 0.154. The number of benzene rings is 3. The van der Waals surface area contributed by atoms with Gasteiger partial charge >= 0.3 is 0 Å². The van der Waals surface area contributed by atoms with E-state index in [1.807, 2.05) is 66.7 Å². The number of amides is 1. The lowest BCUT2D eigenvalue weighted by Gasteiger charge is -2.08. The van der Waals surface area contributed by atoms with Crippen molar-refractivity contribution in [2.24, 2.45) is 0 Å². The molecule has 1 aromatic heterocycles. The molecule has 0 spiro atoms. The molecule has 162 valence electrons. The van der Waals surface area contributed by atoms with Gasteiger partial charge in [0.2, 0.25) is 5.91 Å². The summed E-state index contributed by atoms with van der Waals surface area (Å²) >= 11 is 0. The molecule has 6 heteroatoms. The molecule has 0 fully saturated rings. The first-order valence-electron chi connectivity index (χ1n) is 10.4. The summed E-state index contributed by atoms with van der Waals surface area (Å²) in [6.07, 6.45) is 0.793. The molecular formula is C26H24FN3O2. The van der Waals surface area contributed by atoms with Gasteiger partial charge in [-0.1, -0.05) is 42.5 Å². The number of aryl methyl sites for hydroxylation is 1. The third-order valence-electron chi connectivity index (χ3n) is 5.14. The summed E-state index contributed by atoms with van der Waals surface area (Å²) in [4.78, 5) is 12.3. The summed E-state index contributed by atoms with van der Waals surface area (Å²) in [6, 6.07) is 25.6. The van der Waals surface area contributed by atoms with Gasteiger partial charge < -0.3 is 10.1 Å². The first-order valence-corrected chi connectivity index (χ1v) is 10.4. The van der Waals surface area contributed by atoms with Gasteiger partial charge in [0, 0.05) is 24.9 Å². The summed E-state index contributed by atoms with van der Waals surface area (Å²) < 4.78 is 20.9. The van der Waals surface area contributed by atoms with Crippen LogP contribution in [0.15, 0.2) is 84.9 Å². The molecule has 0 aliphatic rings. The highest BCUT2D eigenvalue weighted by atomic mass is 19.1. The third-order valence-corrected chi connectivity index (χ3v) is 5.14. The number of aromatic nitrogens is 2. The van der Waals surface area contributed by atoms with Gasteiger partial charge in [-0.25, -0.2) is 9.07 Å². The topological polar surface area (TPSA) is 56.2 Å². The molecule has 1 amide bonds. The van der Waals surface area contributed by atoms with Gasteiger partial charge in [-0.15, -0.1) is 0 Å². The maximum absolute atomic E-state index is 13.9. The Kier molecular flexibility index (Phi) is 6.60. The minimum absolute atomic E-state index is 0.0415. The summed E-state index contributed by atoms with van der Waals surface area (Å²) in [5, 5.41) is 7.64. The van der Waals surface area contributed by atoms with Crippen molar-refractivity contribution in [2.45, 2.75) is 19.4 Å². The highest BCUT2D eigenvalue weighted by Crippen LogP contribution is 2.26. The second-order valence-corrected chi connectivity index (χ2v) is 7.40. The van der Waals surface area contributed by atoms with E-state index in [0.717, 1.165) is 28.4 Å². The molecule has 0 aliphatic carbocycles. The number of nitrogens with one attached hydrogen (secondary N) is 1. The molecule has 1 heterocycles. The van der Waals surface area contributed by atoms with E-state index in [-0.39, 0.29) is 11.7 Å². The zero-order valence-electron chi connectivity index (χ0n) is 17.8. The first kappa shape index (κ1) is 21.3. The first-order chi connectivity index (χ1) is 15.6. The molecule has 32 heavy (non-hydrogen) atoms. The van der Waals surface area contributed by atoms with Crippen LogP contribution in [0.3, 0.4) is 0 Å². The molecule has 0 saturated carbocycles. The Bertz CT molecular complexity index is 1190. The smallest absolute Gasteiger partial charge is 0.220 e. The van der Waals surface area contributed by atoms with Gasteiger partial charge in [0.05, 0.1) is 24.2 Å². The number of hydrogen-bond acceptors (Lipinski definition) is 3. The average Bonchev–Trinajstić information content (AvgIpc) is 3.26. The van der Waals surface area contributed by atoms with Crippen molar-refractivity contribution in [2.75, 3.05) is 7.11 Å². The maximum atomic E-state index is 13.9. The molecule has 0 unspecified atom stereocenters. The lowest BCUT2D eigenvalue weighted by Crippen LogP contribution is -2.23. The molecule has 0 saturated heterocycles. The van der Waals surface area contributed by atoms with E-state index in [9.17, 15) is 9.18 Å². The van der Waals surface area contributed by atoms with E-state index in [4.69, 9.17) is 9.84 Å². The average molecular weight is 429 g/mol. The van der Waals surface area contributed by atoms with Crippen molar-refractivity contribution in [3.05, 3.63) is 102 Å². The summed E-state index contributed by atoms with van der Waals surface area (Å²) in [7, 11) is 1.61. The van der Waals surface area contributed by atoms with Crippen LogP contribution in [0, 0.1) is 5.82 Å². The van der Waals surface area contributed by atoms with E-state index in [0.29, 0.717) is 24.9 Å². The van der Waals surface area contributed by atoms with Crippen molar-refractivity contribution in [3.8, 4) is 22.7 Å². The van der Waals surface area contributed by atoms with Crippen LogP contribution < -0.4 is 10.1 Å². The van der Waals surface area contributed by atoms with Crippen molar-refractivity contribution >= 4 is 5.91 Å². The second kappa shape index (κ2) is 9.92. The molecule has 3 aromatic carbocycles. The van der Waals surface area contributed by atoms with Crippen LogP contribution in [-0.4, -0.2) is 22.8 Å². The van der Waals surface area contributed by atoms with Crippen LogP contribution >= 0.6 is 0 Å². The lowest BCUT2D eigenvalue weighted by molar-refractivity contribution is -0.121. The summed E-state index contributed by atoms with van der Waals surface area (Å²) in [6.45, 7) is 0.495. The molecule has 5 nitrogen and oxygen atoms in total. The number of carbonyl (C=O) groups excluding carboxylic acids is 1. The number of halogens is 1. The van der Waals surface area contributed by atoms with E-state index in [1.165, 1.54) is 12.1 Å². The predicted molar refractivity (Wildman–Crippen MR) is 122 cm³/mol. The van der Waals surface area contributed by atoms with E-state index in [2.05, 4.69) is 5.32 Å². The fourth-order valence-corrected chi connectivity index (χ4v) is 3.45. The fourth-order valence-electron chi connectivity index (χ4n) is 3.45. The zero-order valence-corrected chi connectivity index (χ0v) is 17.8. The highest BCUT2D eigenvalue weighted by Gasteiger charge is 2.14. The SMILES string of the molecule is COc1ccc(-n2nc(CCC(=O)NCc3ccccc3)cc2-c2cccc(F)c2)cc1. The summed E-state index contributed by atoms with van der Waals surface area (Å²) in [5.74, 6) is 0.385. The van der Waals surface area contributed by atoms with Gasteiger partial charge in [0.1, 0.15) is 11.6 Å². The largest absolute Gasteiger partial charge is 0.497 e. The van der Waals surface area contributed by atoms with E-state index in [1.54, 1.807) is 17.9 Å². The Morgan fingerprint density at radius 2 is 1.78 bits per heavy atom. The quantitative estimate of drug-likeness (QED) is 0.432. The van der Waals surface area contributed by atoms with Crippen LogP contribution in [0.5, 0.6) is 5.75 Å². The van der Waals surface area contributed by atoms with Crippen LogP contribution in [0.25, 0.3) is 16.9 Å². The van der Waals surface area contributed by atoms with Crippen LogP contribution in [0.4, 0.5) is 4.39 Å². The predicted octanol–water partition coefficient (Wildman–Crippen LogP) is 4.94. The monoisotopic (exact) mass is 429 g/mol. The molecule has 0 bridgehead atoms. The molecule has 4 aromatic rings. The molecule has 0 atom stereocenters. The Morgan fingerprint density at radius 1 is 1.00 bits per heavy atom. The van der Waals surface area contributed by atoms with Gasteiger partial charge in [-0.3, -0.25) is 4.79 Å². The molecule has 1 N–H and O–H groups in total. The van der Waals surface area contributed by atoms with Crippen LogP contribution in [0.1, 0.15) is 17.7 Å². The van der Waals surface area contributed by atoms with Gasteiger partial charge in [-0.05, 0) is 48.0 Å². The number of rotatable bonds is 8. The van der Waals surface area contributed by atoms with E-state index >= 15 is 0 Å². The number of nitrogens with zero attached hydrogens (tertiary/aromatic N) is 2. The van der Waals surface area contributed by atoms with Gasteiger partial charge in [-0.2, -0.15) is 5.10 Å². The Labute approximate surface area is 186 Å². The lowest BCUT2D eigenvalue weighted by atomic mass is 10.1. The Balaban J connectivity index is 1.52. The second-order valence-electron chi connectivity index (χ2n) is 7.40. The minimum atomic E-state index is -0.313. The zero-order chi connectivity index (χ0) is 22.3. The molecule has 0 radical (unpaired) electrons. The molecule has 0 aliphatic heterocycles. The van der Waals surface area contributed by atoms with Gasteiger partial charge in [0.15, 0.2) is 0 Å². The van der Waals surface area contributed by atoms with Crippen molar-refractivity contribution < 1.29 is 13.9 Å². The maximum Gasteiger partial charge on any atom is 0.220 e. The highest BCUT2D eigenvalue weighted by molar-refractivity contribution is 5.76. The minimum Gasteiger partial charge on any atom is -0.497 e. The number of ether oxygens (including phenoxy) is 1. The van der Waals surface area contributed by atoms with Gasteiger partial charge in [0.25, 0.3) is 0 Å². The Morgan fingerprint density at radius 3 is 2.50 bits per heavy atom. The Hall–Kier alpha value is -3.93. The molecule has 4 rings (SSSR count). The normalized spacial score (nSPS) is 10.7. The summed E-state index contributed by atoms with van der Waals surface area (Å²) in [5.41, 5.74) is 4.11. The van der Waals surface area contributed by atoms with Crippen molar-refractivity contribution in [1.82, 2.24) is 15.1 Å². The van der Waals surface area contributed by atoms with Crippen LogP contribution in [-0.2, 0) is 17.8 Å². The third kappa shape index (κ3) is 5.21.